The van der Waals surface area contributed by atoms with Gasteiger partial charge in [0.1, 0.15) is 5.75 Å². The Hall–Kier alpha value is -1.39. The van der Waals surface area contributed by atoms with E-state index in [0.29, 0.717) is 11.3 Å². The normalized spacial score (nSPS) is 12.2. The van der Waals surface area contributed by atoms with E-state index in [1.165, 1.54) is 7.11 Å². The highest BCUT2D eigenvalue weighted by molar-refractivity contribution is 5.99. The lowest BCUT2D eigenvalue weighted by Crippen LogP contribution is -2.32. The zero-order chi connectivity index (χ0) is 10.6. The highest BCUT2D eigenvalue weighted by atomic mass is 16.5. The first-order valence-electron chi connectivity index (χ1n) is 4.15. The fraction of sp³-hybridized carbons (Fsp3) is 0.300. The molecule has 1 atom stereocenters. The van der Waals surface area contributed by atoms with E-state index in [9.17, 15) is 4.79 Å². The van der Waals surface area contributed by atoms with Gasteiger partial charge in [-0.25, -0.2) is 0 Å². The average Bonchev–Trinajstić information content (AvgIpc) is 2.27. The zero-order valence-electron chi connectivity index (χ0n) is 8.19. The first-order chi connectivity index (χ1) is 6.69. The Morgan fingerprint density at radius 1 is 1.43 bits per heavy atom. The SMILES string of the molecule is COc1cccc(C(=O)C(N)OC)c1. The Labute approximate surface area is 82.6 Å². The van der Waals surface area contributed by atoms with Crippen LogP contribution in [0.4, 0.5) is 0 Å². The van der Waals surface area contributed by atoms with Gasteiger partial charge in [0, 0.05) is 12.7 Å². The summed E-state index contributed by atoms with van der Waals surface area (Å²) >= 11 is 0. The smallest absolute Gasteiger partial charge is 0.206 e. The predicted octanol–water partition coefficient (Wildman–Crippen LogP) is 0.809. The molecule has 0 bridgehead atoms. The van der Waals surface area contributed by atoms with E-state index < -0.39 is 6.23 Å². The summed E-state index contributed by atoms with van der Waals surface area (Å²) in [5.41, 5.74) is 5.91. The third-order valence-electron chi connectivity index (χ3n) is 1.87. The lowest BCUT2D eigenvalue weighted by molar-refractivity contribution is 0.0623. The van der Waals surface area contributed by atoms with Crippen LogP contribution in [0.2, 0.25) is 0 Å². The van der Waals surface area contributed by atoms with Crippen molar-refractivity contribution in [3.8, 4) is 5.75 Å². The van der Waals surface area contributed by atoms with Crippen LogP contribution in [0.1, 0.15) is 10.4 Å². The van der Waals surface area contributed by atoms with Gasteiger partial charge in [0.15, 0.2) is 6.23 Å². The number of ketones is 1. The first kappa shape index (κ1) is 10.7. The van der Waals surface area contributed by atoms with Gasteiger partial charge in [-0.1, -0.05) is 12.1 Å². The number of hydrogen-bond acceptors (Lipinski definition) is 4. The van der Waals surface area contributed by atoms with Gasteiger partial charge in [-0.2, -0.15) is 0 Å². The van der Waals surface area contributed by atoms with Crippen molar-refractivity contribution >= 4 is 5.78 Å². The Morgan fingerprint density at radius 3 is 2.71 bits per heavy atom. The molecule has 0 aromatic heterocycles. The highest BCUT2D eigenvalue weighted by Gasteiger charge is 2.14. The summed E-state index contributed by atoms with van der Waals surface area (Å²) in [6.07, 6.45) is -0.915. The molecule has 2 N–H and O–H groups in total. The molecule has 4 heteroatoms. The zero-order valence-corrected chi connectivity index (χ0v) is 8.19. The minimum absolute atomic E-state index is 0.258. The number of hydrogen-bond donors (Lipinski definition) is 1. The second-order valence-electron chi connectivity index (χ2n) is 2.75. The molecular formula is C10H13NO3. The molecular weight excluding hydrogens is 182 g/mol. The van der Waals surface area contributed by atoms with Crippen molar-refractivity contribution in [2.24, 2.45) is 5.73 Å². The standard InChI is InChI=1S/C10H13NO3/c1-13-8-5-3-4-7(6-8)9(12)10(11)14-2/h3-6,10H,11H2,1-2H3. The molecule has 0 aliphatic rings. The molecule has 0 spiro atoms. The fourth-order valence-electron chi connectivity index (χ4n) is 1.05. The lowest BCUT2D eigenvalue weighted by Gasteiger charge is -2.08. The maximum absolute atomic E-state index is 11.5. The summed E-state index contributed by atoms with van der Waals surface area (Å²) in [6.45, 7) is 0. The van der Waals surface area contributed by atoms with Gasteiger partial charge in [-0.3, -0.25) is 10.5 Å². The Kier molecular flexibility index (Phi) is 3.62. The third kappa shape index (κ3) is 2.31. The molecule has 0 amide bonds. The molecule has 1 aromatic carbocycles. The lowest BCUT2D eigenvalue weighted by atomic mass is 10.1. The van der Waals surface area contributed by atoms with Crippen molar-refractivity contribution in [2.75, 3.05) is 14.2 Å². The van der Waals surface area contributed by atoms with Crippen LogP contribution in [0.25, 0.3) is 0 Å². The average molecular weight is 195 g/mol. The van der Waals surface area contributed by atoms with Gasteiger partial charge in [-0.15, -0.1) is 0 Å². The van der Waals surface area contributed by atoms with Gasteiger partial charge in [0.05, 0.1) is 7.11 Å². The number of ether oxygens (including phenoxy) is 2. The second kappa shape index (κ2) is 4.74. The molecule has 0 heterocycles. The van der Waals surface area contributed by atoms with E-state index in [4.69, 9.17) is 15.2 Å². The molecule has 1 unspecified atom stereocenters. The van der Waals surface area contributed by atoms with Crippen LogP contribution in [-0.2, 0) is 4.74 Å². The molecule has 14 heavy (non-hydrogen) atoms. The molecule has 4 nitrogen and oxygen atoms in total. The first-order valence-corrected chi connectivity index (χ1v) is 4.15. The highest BCUT2D eigenvalue weighted by Crippen LogP contribution is 2.13. The van der Waals surface area contributed by atoms with Crippen LogP contribution in [0, 0.1) is 0 Å². The molecule has 0 saturated carbocycles. The van der Waals surface area contributed by atoms with Crippen molar-refractivity contribution in [1.82, 2.24) is 0 Å². The van der Waals surface area contributed by atoms with E-state index in [-0.39, 0.29) is 5.78 Å². The molecule has 1 aromatic rings. The second-order valence-corrected chi connectivity index (χ2v) is 2.75. The van der Waals surface area contributed by atoms with Crippen LogP contribution in [-0.4, -0.2) is 26.2 Å². The topological polar surface area (TPSA) is 61.5 Å². The summed E-state index contributed by atoms with van der Waals surface area (Å²) in [5.74, 6) is 0.366. The van der Waals surface area contributed by atoms with Gasteiger partial charge < -0.3 is 9.47 Å². The summed E-state index contributed by atoms with van der Waals surface area (Å²) in [7, 11) is 2.93. The number of carbonyl (C=O) groups excluding carboxylic acids is 1. The minimum Gasteiger partial charge on any atom is -0.497 e. The van der Waals surface area contributed by atoms with Gasteiger partial charge in [0.2, 0.25) is 5.78 Å². The van der Waals surface area contributed by atoms with E-state index in [1.54, 1.807) is 31.4 Å². The number of carbonyl (C=O) groups is 1. The molecule has 1 rings (SSSR count). The van der Waals surface area contributed by atoms with Gasteiger partial charge in [-0.05, 0) is 12.1 Å². The summed E-state index contributed by atoms with van der Waals surface area (Å²) < 4.78 is 9.71. The van der Waals surface area contributed by atoms with Gasteiger partial charge in [0.25, 0.3) is 0 Å². The number of methoxy groups -OCH3 is 2. The Balaban J connectivity index is 2.90. The van der Waals surface area contributed by atoms with Crippen molar-refractivity contribution in [2.45, 2.75) is 6.23 Å². The fourth-order valence-corrected chi connectivity index (χ4v) is 1.05. The molecule has 76 valence electrons. The number of nitrogens with two attached hydrogens (primary N) is 1. The number of benzene rings is 1. The molecule has 0 radical (unpaired) electrons. The monoisotopic (exact) mass is 195 g/mol. The van der Waals surface area contributed by atoms with E-state index in [1.807, 2.05) is 0 Å². The quantitative estimate of drug-likeness (QED) is 0.570. The van der Waals surface area contributed by atoms with Crippen molar-refractivity contribution in [3.05, 3.63) is 29.8 Å². The molecule has 0 saturated heterocycles. The van der Waals surface area contributed by atoms with E-state index in [0.717, 1.165) is 0 Å². The molecule has 0 fully saturated rings. The summed E-state index contributed by atoms with van der Waals surface area (Å²) in [4.78, 5) is 11.5. The summed E-state index contributed by atoms with van der Waals surface area (Å²) in [6, 6.07) is 6.79. The van der Waals surface area contributed by atoms with Crippen molar-refractivity contribution < 1.29 is 14.3 Å². The van der Waals surface area contributed by atoms with Crippen LogP contribution in [0.15, 0.2) is 24.3 Å². The Morgan fingerprint density at radius 2 is 2.14 bits per heavy atom. The maximum Gasteiger partial charge on any atom is 0.206 e. The number of Topliss-reactive ketones (excluding diaryl/α,β-unsaturated/α-hetero) is 1. The van der Waals surface area contributed by atoms with Crippen LogP contribution >= 0.6 is 0 Å². The van der Waals surface area contributed by atoms with E-state index in [2.05, 4.69) is 0 Å². The maximum atomic E-state index is 11.5. The predicted molar refractivity (Wildman–Crippen MR) is 52.3 cm³/mol. The third-order valence-corrected chi connectivity index (χ3v) is 1.87. The molecule has 0 aliphatic carbocycles. The largest absolute Gasteiger partial charge is 0.497 e. The molecule has 0 aliphatic heterocycles. The minimum atomic E-state index is -0.915. The van der Waals surface area contributed by atoms with E-state index >= 15 is 0 Å². The number of rotatable bonds is 4. The Bertz CT molecular complexity index is 325. The summed E-state index contributed by atoms with van der Waals surface area (Å²) in [5, 5.41) is 0. The van der Waals surface area contributed by atoms with Crippen molar-refractivity contribution in [1.29, 1.82) is 0 Å². The van der Waals surface area contributed by atoms with Crippen LogP contribution < -0.4 is 10.5 Å². The van der Waals surface area contributed by atoms with Crippen LogP contribution in [0.3, 0.4) is 0 Å². The van der Waals surface area contributed by atoms with Crippen LogP contribution in [0.5, 0.6) is 5.75 Å². The van der Waals surface area contributed by atoms with Crippen molar-refractivity contribution in [3.63, 3.8) is 0 Å². The van der Waals surface area contributed by atoms with Gasteiger partial charge >= 0.3 is 0 Å².